The van der Waals surface area contributed by atoms with E-state index >= 15 is 0 Å². The summed E-state index contributed by atoms with van der Waals surface area (Å²) >= 11 is 0. The normalized spacial score (nSPS) is 23.3. The molecule has 0 amide bonds. The number of unbranched alkanes of at least 4 members (excludes halogenated alkanes) is 1. The van der Waals surface area contributed by atoms with Gasteiger partial charge in [-0.3, -0.25) is 14.6 Å². The third-order valence-corrected chi connectivity index (χ3v) is 4.73. The highest BCUT2D eigenvalue weighted by Gasteiger charge is 2.27. The van der Waals surface area contributed by atoms with Crippen molar-refractivity contribution in [2.45, 2.75) is 38.6 Å². The quantitative estimate of drug-likeness (QED) is 0.541. The molecule has 0 unspecified atom stereocenters. The Labute approximate surface area is 129 Å². The van der Waals surface area contributed by atoms with Crippen LogP contribution in [0.15, 0.2) is 0 Å². The van der Waals surface area contributed by atoms with E-state index in [1.165, 1.54) is 25.9 Å². The first-order chi connectivity index (χ1) is 10.2. The second-order valence-electron chi connectivity index (χ2n) is 6.42. The van der Waals surface area contributed by atoms with Crippen molar-refractivity contribution in [3.8, 4) is 0 Å². The van der Waals surface area contributed by atoms with Gasteiger partial charge in [0.2, 0.25) is 0 Å². The second-order valence-corrected chi connectivity index (χ2v) is 6.42. The maximum absolute atomic E-state index is 11.7. The number of esters is 1. The number of carbonyl (C=O) groups excluding carboxylic acids is 1. The third-order valence-electron chi connectivity index (χ3n) is 4.73. The van der Waals surface area contributed by atoms with Crippen LogP contribution in [0.3, 0.4) is 0 Å². The Kier molecular flexibility index (Phi) is 6.93. The Morgan fingerprint density at radius 2 is 1.76 bits per heavy atom. The largest absolute Gasteiger partial charge is 0.465 e. The van der Waals surface area contributed by atoms with Gasteiger partial charge in [-0.15, -0.1) is 0 Å². The predicted octanol–water partition coefficient (Wildman–Crippen LogP) is 1.04. The van der Waals surface area contributed by atoms with E-state index in [-0.39, 0.29) is 5.97 Å². The van der Waals surface area contributed by atoms with Gasteiger partial charge < -0.3 is 9.64 Å². The number of piperidine rings is 1. The van der Waals surface area contributed by atoms with Crippen LogP contribution in [0.25, 0.3) is 0 Å². The molecule has 21 heavy (non-hydrogen) atoms. The molecule has 0 aliphatic carbocycles. The molecule has 0 saturated carbocycles. The molecule has 122 valence electrons. The first-order valence-corrected chi connectivity index (χ1v) is 8.49. The van der Waals surface area contributed by atoms with Crippen molar-refractivity contribution >= 4 is 5.97 Å². The number of piperazine rings is 1. The summed E-state index contributed by atoms with van der Waals surface area (Å²) < 4.78 is 5.24. The van der Waals surface area contributed by atoms with Crippen molar-refractivity contribution in [2.75, 3.05) is 59.5 Å². The van der Waals surface area contributed by atoms with E-state index in [0.717, 1.165) is 45.1 Å². The maximum atomic E-state index is 11.7. The summed E-state index contributed by atoms with van der Waals surface area (Å²) in [6.45, 7) is 9.76. The maximum Gasteiger partial charge on any atom is 0.320 e. The smallest absolute Gasteiger partial charge is 0.320 e. The number of likely N-dealkylation sites (tertiary alicyclic amines) is 1. The Bertz CT molecular complexity index is 309. The second kappa shape index (κ2) is 8.71. The summed E-state index contributed by atoms with van der Waals surface area (Å²) in [6, 6.07) is 0.750. The molecule has 0 bridgehead atoms. The molecule has 0 atom stereocenters. The fourth-order valence-electron chi connectivity index (χ4n) is 3.21. The van der Waals surface area contributed by atoms with Crippen LogP contribution in [0, 0.1) is 0 Å². The first kappa shape index (κ1) is 16.7. The topological polar surface area (TPSA) is 36.0 Å². The molecule has 2 fully saturated rings. The summed E-state index contributed by atoms with van der Waals surface area (Å²) in [5, 5.41) is 0. The van der Waals surface area contributed by atoms with E-state index in [4.69, 9.17) is 4.74 Å². The molecule has 0 aromatic heterocycles. The van der Waals surface area contributed by atoms with Gasteiger partial charge >= 0.3 is 5.97 Å². The van der Waals surface area contributed by atoms with Crippen LogP contribution < -0.4 is 0 Å². The molecule has 0 radical (unpaired) electrons. The Morgan fingerprint density at radius 3 is 2.38 bits per heavy atom. The number of rotatable bonds is 6. The fourth-order valence-corrected chi connectivity index (χ4v) is 3.21. The van der Waals surface area contributed by atoms with Crippen molar-refractivity contribution in [1.82, 2.24) is 14.7 Å². The van der Waals surface area contributed by atoms with Gasteiger partial charge in [-0.1, -0.05) is 13.3 Å². The summed E-state index contributed by atoms with van der Waals surface area (Å²) in [5.74, 6) is -0.0591. The van der Waals surface area contributed by atoms with Crippen molar-refractivity contribution in [3.05, 3.63) is 0 Å². The van der Waals surface area contributed by atoms with Crippen molar-refractivity contribution < 1.29 is 9.53 Å². The molecule has 2 rings (SSSR count). The number of nitrogens with zero attached hydrogens (tertiary/aromatic N) is 3. The lowest BCUT2D eigenvalue weighted by atomic mass is 10.0. The molecular weight excluding hydrogens is 266 g/mol. The van der Waals surface area contributed by atoms with Gasteiger partial charge in [0.05, 0.1) is 13.2 Å². The highest BCUT2D eigenvalue weighted by molar-refractivity contribution is 5.71. The summed E-state index contributed by atoms with van der Waals surface area (Å²) in [6.07, 6.45) is 4.61. The zero-order valence-corrected chi connectivity index (χ0v) is 13.7. The SMILES string of the molecule is CCCCOC(=O)CN1CCN(C2CCN(C)CC2)CC1. The van der Waals surface area contributed by atoms with Gasteiger partial charge in [0, 0.05) is 32.2 Å². The van der Waals surface area contributed by atoms with E-state index in [2.05, 4.69) is 28.7 Å². The minimum Gasteiger partial charge on any atom is -0.465 e. The molecule has 0 aromatic rings. The van der Waals surface area contributed by atoms with Crippen LogP contribution >= 0.6 is 0 Å². The molecule has 2 saturated heterocycles. The number of hydrogen-bond acceptors (Lipinski definition) is 5. The molecule has 2 aliphatic heterocycles. The molecule has 2 aliphatic rings. The van der Waals surface area contributed by atoms with Crippen LogP contribution in [0.5, 0.6) is 0 Å². The van der Waals surface area contributed by atoms with Gasteiger partial charge in [0.15, 0.2) is 0 Å². The minimum atomic E-state index is -0.0591. The Hall–Kier alpha value is -0.650. The zero-order chi connectivity index (χ0) is 15.1. The highest BCUT2D eigenvalue weighted by atomic mass is 16.5. The lowest BCUT2D eigenvalue weighted by Gasteiger charge is -2.42. The van der Waals surface area contributed by atoms with Gasteiger partial charge in [0.1, 0.15) is 0 Å². The van der Waals surface area contributed by atoms with Gasteiger partial charge in [-0.2, -0.15) is 0 Å². The average Bonchev–Trinajstić information content (AvgIpc) is 2.49. The molecule has 5 heteroatoms. The lowest BCUT2D eigenvalue weighted by molar-refractivity contribution is -0.145. The number of ether oxygens (including phenoxy) is 1. The zero-order valence-electron chi connectivity index (χ0n) is 13.7. The lowest BCUT2D eigenvalue weighted by Crippen LogP contribution is -2.53. The fraction of sp³-hybridized carbons (Fsp3) is 0.938. The van der Waals surface area contributed by atoms with Crippen LogP contribution in [0.2, 0.25) is 0 Å². The number of carbonyl (C=O) groups is 1. The highest BCUT2D eigenvalue weighted by Crippen LogP contribution is 2.17. The monoisotopic (exact) mass is 297 g/mol. The Morgan fingerprint density at radius 1 is 1.10 bits per heavy atom. The van der Waals surface area contributed by atoms with Crippen molar-refractivity contribution in [2.24, 2.45) is 0 Å². The van der Waals surface area contributed by atoms with Gasteiger partial charge in [0.25, 0.3) is 0 Å². The standard InChI is InChI=1S/C16H31N3O2/c1-3-4-13-21-16(20)14-18-9-11-19(12-10-18)15-5-7-17(2)8-6-15/h15H,3-14H2,1-2H3. The molecular formula is C16H31N3O2. The summed E-state index contributed by atoms with van der Waals surface area (Å²) in [7, 11) is 2.21. The summed E-state index contributed by atoms with van der Waals surface area (Å²) in [5.41, 5.74) is 0. The van der Waals surface area contributed by atoms with E-state index < -0.39 is 0 Å². The van der Waals surface area contributed by atoms with E-state index in [1.54, 1.807) is 0 Å². The van der Waals surface area contributed by atoms with Crippen molar-refractivity contribution in [1.29, 1.82) is 0 Å². The number of hydrogen-bond donors (Lipinski definition) is 0. The first-order valence-electron chi connectivity index (χ1n) is 8.49. The molecule has 2 heterocycles. The van der Waals surface area contributed by atoms with E-state index in [1.807, 2.05) is 0 Å². The van der Waals surface area contributed by atoms with Crippen LogP contribution in [0.4, 0.5) is 0 Å². The predicted molar refractivity (Wildman–Crippen MR) is 84.4 cm³/mol. The van der Waals surface area contributed by atoms with E-state index in [9.17, 15) is 4.79 Å². The Balaban J connectivity index is 1.62. The molecule has 5 nitrogen and oxygen atoms in total. The van der Waals surface area contributed by atoms with Crippen molar-refractivity contribution in [3.63, 3.8) is 0 Å². The van der Waals surface area contributed by atoms with Crippen LogP contribution in [-0.4, -0.2) is 86.2 Å². The molecule has 0 aromatic carbocycles. The van der Waals surface area contributed by atoms with Gasteiger partial charge in [-0.25, -0.2) is 0 Å². The van der Waals surface area contributed by atoms with Crippen LogP contribution in [-0.2, 0) is 9.53 Å². The van der Waals surface area contributed by atoms with Crippen LogP contribution in [0.1, 0.15) is 32.6 Å². The summed E-state index contributed by atoms with van der Waals surface area (Å²) in [4.78, 5) is 19.0. The molecule has 0 N–H and O–H groups in total. The third kappa shape index (κ3) is 5.57. The molecule has 0 spiro atoms. The average molecular weight is 297 g/mol. The van der Waals surface area contributed by atoms with Gasteiger partial charge in [-0.05, 0) is 39.4 Å². The van der Waals surface area contributed by atoms with E-state index in [0.29, 0.717) is 13.2 Å². The minimum absolute atomic E-state index is 0.0591.